The van der Waals surface area contributed by atoms with Gasteiger partial charge in [0.1, 0.15) is 0 Å². The molecule has 1 aliphatic heterocycles. The molecule has 1 aromatic heterocycles. The summed E-state index contributed by atoms with van der Waals surface area (Å²) in [4.78, 5) is 6.73. The average Bonchev–Trinajstić information content (AvgIpc) is 2.97. The second-order valence-corrected chi connectivity index (χ2v) is 5.73. The van der Waals surface area contributed by atoms with Gasteiger partial charge in [-0.05, 0) is 38.6 Å². The zero-order chi connectivity index (χ0) is 14.5. The van der Waals surface area contributed by atoms with Gasteiger partial charge >= 0.3 is 0 Å². The molecule has 5 nitrogen and oxygen atoms in total. The number of benzene rings is 1. The monoisotopic (exact) mass is 286 g/mol. The van der Waals surface area contributed by atoms with Crippen molar-refractivity contribution in [3.8, 4) is 11.5 Å². The normalized spacial score (nSPS) is 19.0. The van der Waals surface area contributed by atoms with Crippen LogP contribution < -0.4 is 5.32 Å². The lowest BCUT2D eigenvalue weighted by Crippen LogP contribution is -2.42. The molecule has 1 aromatic carbocycles. The van der Waals surface area contributed by atoms with Crippen LogP contribution in [-0.2, 0) is 6.54 Å². The summed E-state index contributed by atoms with van der Waals surface area (Å²) in [5, 5.41) is 7.64. The van der Waals surface area contributed by atoms with Crippen molar-refractivity contribution in [2.75, 3.05) is 20.1 Å². The maximum absolute atomic E-state index is 5.34. The first kappa shape index (κ1) is 14.2. The minimum Gasteiger partial charge on any atom is -0.334 e. The molecule has 1 N–H and O–H groups in total. The standard InChI is InChI=1S/C16H22N4O/c1-20(11-14-9-5-6-10-17-14)12-15-18-16(21-19-15)13-7-3-2-4-8-13/h2-4,7-8,14,17H,5-6,9-12H2,1H3. The quantitative estimate of drug-likeness (QED) is 0.914. The molecule has 0 aliphatic carbocycles. The molecule has 0 spiro atoms. The molecule has 21 heavy (non-hydrogen) atoms. The van der Waals surface area contributed by atoms with Gasteiger partial charge in [-0.1, -0.05) is 29.8 Å². The molecule has 1 atom stereocenters. The molecule has 1 fully saturated rings. The van der Waals surface area contributed by atoms with E-state index in [1.165, 1.54) is 19.3 Å². The Morgan fingerprint density at radius 3 is 2.90 bits per heavy atom. The van der Waals surface area contributed by atoms with E-state index in [4.69, 9.17) is 4.52 Å². The molecule has 1 aliphatic rings. The number of nitrogens with zero attached hydrogens (tertiary/aromatic N) is 3. The Balaban J connectivity index is 1.56. The van der Waals surface area contributed by atoms with E-state index in [0.29, 0.717) is 18.5 Å². The Bertz CT molecular complexity index is 548. The van der Waals surface area contributed by atoms with E-state index in [1.807, 2.05) is 30.3 Å². The van der Waals surface area contributed by atoms with Crippen LogP contribution in [-0.4, -0.2) is 41.2 Å². The molecule has 1 saturated heterocycles. The Hall–Kier alpha value is -1.72. The zero-order valence-corrected chi connectivity index (χ0v) is 12.5. The van der Waals surface area contributed by atoms with E-state index in [1.54, 1.807) is 0 Å². The van der Waals surface area contributed by atoms with Crippen LogP contribution in [0.25, 0.3) is 11.5 Å². The molecule has 2 aromatic rings. The molecule has 112 valence electrons. The van der Waals surface area contributed by atoms with E-state index in [0.717, 1.165) is 24.5 Å². The van der Waals surface area contributed by atoms with E-state index in [2.05, 4.69) is 27.4 Å². The van der Waals surface area contributed by atoms with Gasteiger partial charge in [0.25, 0.3) is 5.89 Å². The van der Waals surface area contributed by atoms with Crippen LogP contribution in [0, 0.1) is 0 Å². The van der Waals surface area contributed by atoms with Crippen molar-refractivity contribution < 1.29 is 4.52 Å². The summed E-state index contributed by atoms with van der Waals surface area (Å²) in [6.07, 6.45) is 3.88. The fourth-order valence-corrected chi connectivity index (χ4v) is 2.78. The van der Waals surface area contributed by atoms with Gasteiger partial charge in [-0.15, -0.1) is 0 Å². The Morgan fingerprint density at radius 1 is 1.29 bits per heavy atom. The van der Waals surface area contributed by atoms with Crippen molar-refractivity contribution in [1.29, 1.82) is 0 Å². The van der Waals surface area contributed by atoms with Gasteiger partial charge in [-0.2, -0.15) is 4.98 Å². The van der Waals surface area contributed by atoms with Gasteiger partial charge < -0.3 is 9.84 Å². The molecule has 1 unspecified atom stereocenters. The number of likely N-dealkylation sites (N-methyl/N-ethyl adjacent to an activating group) is 1. The fourth-order valence-electron chi connectivity index (χ4n) is 2.78. The molecule has 0 amide bonds. The summed E-state index contributed by atoms with van der Waals surface area (Å²) in [5.74, 6) is 1.34. The van der Waals surface area contributed by atoms with Crippen LogP contribution in [0.15, 0.2) is 34.9 Å². The summed E-state index contributed by atoms with van der Waals surface area (Å²) in [6, 6.07) is 10.5. The van der Waals surface area contributed by atoms with Crippen molar-refractivity contribution in [3.63, 3.8) is 0 Å². The third kappa shape index (κ3) is 3.89. The minimum absolute atomic E-state index is 0.587. The number of aromatic nitrogens is 2. The highest BCUT2D eigenvalue weighted by atomic mass is 16.5. The molecule has 2 heterocycles. The van der Waals surface area contributed by atoms with E-state index in [-0.39, 0.29) is 0 Å². The summed E-state index contributed by atoms with van der Waals surface area (Å²) in [5.41, 5.74) is 0.966. The molecule has 0 saturated carbocycles. The number of hydrogen-bond donors (Lipinski definition) is 1. The lowest BCUT2D eigenvalue weighted by atomic mass is 10.0. The van der Waals surface area contributed by atoms with Crippen LogP contribution in [0.5, 0.6) is 0 Å². The highest BCUT2D eigenvalue weighted by Crippen LogP contribution is 2.16. The van der Waals surface area contributed by atoms with Crippen LogP contribution >= 0.6 is 0 Å². The maximum atomic E-state index is 5.34. The third-order valence-electron chi connectivity index (χ3n) is 3.84. The first-order chi connectivity index (χ1) is 10.3. The van der Waals surface area contributed by atoms with Crippen LogP contribution in [0.4, 0.5) is 0 Å². The van der Waals surface area contributed by atoms with Crippen molar-refractivity contribution in [2.45, 2.75) is 31.8 Å². The number of hydrogen-bond acceptors (Lipinski definition) is 5. The lowest BCUT2D eigenvalue weighted by Gasteiger charge is -2.27. The van der Waals surface area contributed by atoms with Gasteiger partial charge in [0.2, 0.25) is 0 Å². The topological polar surface area (TPSA) is 54.2 Å². The number of rotatable bonds is 5. The summed E-state index contributed by atoms with van der Waals surface area (Å²) >= 11 is 0. The molecular weight excluding hydrogens is 264 g/mol. The molecule has 5 heteroatoms. The van der Waals surface area contributed by atoms with Crippen molar-refractivity contribution in [3.05, 3.63) is 36.2 Å². The van der Waals surface area contributed by atoms with Crippen LogP contribution in [0.1, 0.15) is 25.1 Å². The Labute approximate surface area is 125 Å². The third-order valence-corrected chi connectivity index (χ3v) is 3.84. The molecule has 0 bridgehead atoms. The van der Waals surface area contributed by atoms with Gasteiger partial charge in [0, 0.05) is 18.2 Å². The number of piperidine rings is 1. The SMILES string of the molecule is CN(Cc1noc(-c2ccccc2)n1)CC1CCCCN1. The average molecular weight is 286 g/mol. The molecule has 3 rings (SSSR count). The predicted molar refractivity (Wildman–Crippen MR) is 81.7 cm³/mol. The van der Waals surface area contributed by atoms with Crippen LogP contribution in [0.2, 0.25) is 0 Å². The van der Waals surface area contributed by atoms with E-state index in [9.17, 15) is 0 Å². The summed E-state index contributed by atoms with van der Waals surface area (Å²) in [7, 11) is 2.11. The summed E-state index contributed by atoms with van der Waals surface area (Å²) in [6.45, 7) is 2.88. The second-order valence-electron chi connectivity index (χ2n) is 5.73. The summed E-state index contributed by atoms with van der Waals surface area (Å²) < 4.78 is 5.34. The van der Waals surface area contributed by atoms with Gasteiger partial charge in [0.15, 0.2) is 5.82 Å². The van der Waals surface area contributed by atoms with Crippen molar-refractivity contribution in [2.24, 2.45) is 0 Å². The van der Waals surface area contributed by atoms with Crippen molar-refractivity contribution in [1.82, 2.24) is 20.4 Å². The molecule has 0 radical (unpaired) electrons. The maximum Gasteiger partial charge on any atom is 0.257 e. The zero-order valence-electron chi connectivity index (χ0n) is 12.5. The van der Waals surface area contributed by atoms with E-state index >= 15 is 0 Å². The highest BCUT2D eigenvalue weighted by molar-refractivity contribution is 5.51. The predicted octanol–water partition coefficient (Wildman–Crippen LogP) is 2.31. The second kappa shape index (κ2) is 6.83. The largest absolute Gasteiger partial charge is 0.334 e. The Morgan fingerprint density at radius 2 is 2.14 bits per heavy atom. The smallest absolute Gasteiger partial charge is 0.257 e. The fraction of sp³-hybridized carbons (Fsp3) is 0.500. The van der Waals surface area contributed by atoms with Gasteiger partial charge in [-0.25, -0.2) is 0 Å². The number of nitrogens with one attached hydrogen (secondary N) is 1. The first-order valence-corrected chi connectivity index (χ1v) is 7.61. The lowest BCUT2D eigenvalue weighted by molar-refractivity contribution is 0.249. The van der Waals surface area contributed by atoms with Crippen LogP contribution in [0.3, 0.4) is 0 Å². The first-order valence-electron chi connectivity index (χ1n) is 7.61. The van der Waals surface area contributed by atoms with Crippen molar-refractivity contribution >= 4 is 0 Å². The van der Waals surface area contributed by atoms with E-state index < -0.39 is 0 Å². The Kier molecular flexibility index (Phi) is 4.62. The highest BCUT2D eigenvalue weighted by Gasteiger charge is 2.16. The minimum atomic E-state index is 0.587. The molecular formula is C16H22N4O. The van der Waals surface area contributed by atoms with Gasteiger partial charge in [-0.3, -0.25) is 4.90 Å². The van der Waals surface area contributed by atoms with Gasteiger partial charge in [0.05, 0.1) is 6.54 Å².